The van der Waals surface area contributed by atoms with E-state index in [0.29, 0.717) is 22.6 Å². The van der Waals surface area contributed by atoms with E-state index in [2.05, 4.69) is 12.2 Å². The van der Waals surface area contributed by atoms with E-state index in [1.165, 1.54) is 0 Å². The Morgan fingerprint density at radius 3 is 2.28 bits per heavy atom. The van der Waals surface area contributed by atoms with E-state index in [4.69, 9.17) is 4.74 Å². The number of carbonyl (C=O) groups is 3. The Bertz CT molecular complexity index is 1780. The maximum Gasteiger partial charge on any atom is 0.238 e. The van der Waals surface area contributed by atoms with Crippen molar-refractivity contribution < 1.29 is 19.1 Å². The molecule has 7 rings (SSSR count). The van der Waals surface area contributed by atoms with Crippen LogP contribution < -0.4 is 10.1 Å². The molecule has 1 fully saturated rings. The molecule has 3 heterocycles. The molecule has 6 heteroatoms. The van der Waals surface area contributed by atoms with Crippen LogP contribution in [0.5, 0.6) is 5.75 Å². The summed E-state index contributed by atoms with van der Waals surface area (Å²) in [7, 11) is 1.58. The third-order valence-electron chi connectivity index (χ3n) is 9.27. The fraction of sp³-hybridized carbons (Fsp3) is 0.216. The zero-order chi connectivity index (χ0) is 29.7. The molecule has 1 saturated heterocycles. The molecule has 0 aromatic heterocycles. The summed E-state index contributed by atoms with van der Waals surface area (Å²) in [5.74, 6) is -1.06. The molecule has 3 aliphatic rings. The van der Waals surface area contributed by atoms with E-state index < -0.39 is 23.4 Å². The second-order valence-electron chi connectivity index (χ2n) is 11.5. The average molecular weight is 569 g/mol. The molecule has 1 amide bonds. The number of Topliss-reactive ketones (excluding diaryl/α,β-unsaturated/α-hetero) is 2. The standard InChI is InChI=1S/C37H32N2O4/c1-3-8-23-13-15-25(16-14-23)33(40)31-32(34(41)26-17-19-27(43-2)20-18-26)39-22-21-24-9-4-5-10-28(24)35(39)37(31)29-11-6-7-12-30(29)38-36(37)42/h4-7,9-22,31-32,35H,3,8H2,1-2H3,(H,38,42)/t31-,32+,35+,37+/m0/s1. The van der Waals surface area contributed by atoms with E-state index in [-0.39, 0.29) is 17.5 Å². The van der Waals surface area contributed by atoms with Gasteiger partial charge in [0.25, 0.3) is 0 Å². The van der Waals surface area contributed by atoms with Crippen molar-refractivity contribution in [2.24, 2.45) is 5.92 Å². The topological polar surface area (TPSA) is 75.7 Å². The molecule has 4 aromatic carbocycles. The Morgan fingerprint density at radius 2 is 1.53 bits per heavy atom. The van der Waals surface area contributed by atoms with Gasteiger partial charge < -0.3 is 15.0 Å². The molecule has 6 nitrogen and oxygen atoms in total. The molecule has 0 unspecified atom stereocenters. The van der Waals surface area contributed by atoms with Crippen LogP contribution in [0, 0.1) is 5.92 Å². The number of hydrogen-bond donors (Lipinski definition) is 1. The van der Waals surface area contributed by atoms with Gasteiger partial charge >= 0.3 is 0 Å². The van der Waals surface area contributed by atoms with Crippen LogP contribution in [0.1, 0.15) is 62.4 Å². The smallest absolute Gasteiger partial charge is 0.238 e. The van der Waals surface area contributed by atoms with Crippen LogP contribution in [0.2, 0.25) is 0 Å². The zero-order valence-corrected chi connectivity index (χ0v) is 24.1. The minimum Gasteiger partial charge on any atom is -0.497 e. The number of fused-ring (bicyclic) bond motifs is 6. The highest BCUT2D eigenvalue weighted by Gasteiger charge is 2.70. The first-order valence-corrected chi connectivity index (χ1v) is 14.8. The Morgan fingerprint density at radius 1 is 0.860 bits per heavy atom. The van der Waals surface area contributed by atoms with Crippen LogP contribution in [0.15, 0.2) is 103 Å². The number of nitrogens with one attached hydrogen (secondary N) is 1. The Labute approximate surface area is 251 Å². The van der Waals surface area contributed by atoms with Crippen molar-refractivity contribution >= 4 is 29.2 Å². The fourth-order valence-electron chi connectivity index (χ4n) is 7.40. The number of rotatable bonds is 7. The van der Waals surface area contributed by atoms with Gasteiger partial charge in [-0.25, -0.2) is 0 Å². The normalized spacial score (nSPS) is 23.0. The molecule has 0 aliphatic carbocycles. The number of aryl methyl sites for hydroxylation is 1. The van der Waals surface area contributed by atoms with Crippen LogP contribution in [-0.4, -0.2) is 35.5 Å². The predicted molar refractivity (Wildman–Crippen MR) is 166 cm³/mol. The van der Waals surface area contributed by atoms with Crippen molar-refractivity contribution in [3.8, 4) is 5.75 Å². The van der Waals surface area contributed by atoms with Crippen molar-refractivity contribution in [2.45, 2.75) is 37.3 Å². The first-order valence-electron chi connectivity index (χ1n) is 14.8. The lowest BCUT2D eigenvalue weighted by Gasteiger charge is -2.38. The number of carbonyl (C=O) groups excluding carboxylic acids is 3. The summed E-state index contributed by atoms with van der Waals surface area (Å²) in [6.45, 7) is 2.12. The molecule has 3 aliphatic heterocycles. The van der Waals surface area contributed by atoms with Crippen LogP contribution in [-0.2, 0) is 16.6 Å². The van der Waals surface area contributed by atoms with E-state index in [1.54, 1.807) is 31.4 Å². The third-order valence-corrected chi connectivity index (χ3v) is 9.27. The highest BCUT2D eigenvalue weighted by atomic mass is 16.5. The number of anilines is 1. The molecule has 1 N–H and O–H groups in total. The number of ether oxygens (including phenoxy) is 1. The summed E-state index contributed by atoms with van der Waals surface area (Å²) in [5, 5.41) is 3.10. The van der Waals surface area contributed by atoms with Gasteiger partial charge in [0.2, 0.25) is 5.91 Å². The molecule has 1 spiro atoms. The van der Waals surface area contributed by atoms with E-state index >= 15 is 0 Å². The number of para-hydroxylation sites is 1. The first kappa shape index (κ1) is 26.9. The van der Waals surface area contributed by atoms with Gasteiger partial charge in [-0.2, -0.15) is 0 Å². The third kappa shape index (κ3) is 3.97. The van der Waals surface area contributed by atoms with Crippen molar-refractivity contribution in [3.63, 3.8) is 0 Å². The monoisotopic (exact) mass is 568 g/mol. The van der Waals surface area contributed by atoms with Gasteiger partial charge in [0, 0.05) is 23.0 Å². The van der Waals surface area contributed by atoms with Crippen molar-refractivity contribution in [1.29, 1.82) is 0 Å². The number of amides is 1. The molecule has 214 valence electrons. The number of nitrogens with zero attached hydrogens (tertiary/aromatic N) is 1. The van der Waals surface area contributed by atoms with Crippen LogP contribution in [0.3, 0.4) is 0 Å². The van der Waals surface area contributed by atoms with Gasteiger partial charge in [0.1, 0.15) is 17.2 Å². The lowest BCUT2D eigenvalue weighted by molar-refractivity contribution is -0.122. The lowest BCUT2D eigenvalue weighted by Crippen LogP contribution is -2.49. The number of ketones is 2. The first-order chi connectivity index (χ1) is 21.0. The van der Waals surface area contributed by atoms with E-state index in [0.717, 1.165) is 35.1 Å². The van der Waals surface area contributed by atoms with Gasteiger partial charge in [-0.1, -0.05) is 80.1 Å². The lowest BCUT2D eigenvalue weighted by atomic mass is 9.62. The zero-order valence-electron chi connectivity index (χ0n) is 24.1. The molecule has 0 saturated carbocycles. The van der Waals surface area contributed by atoms with Gasteiger partial charge in [-0.3, -0.25) is 14.4 Å². The van der Waals surface area contributed by atoms with Crippen molar-refractivity contribution in [1.82, 2.24) is 4.90 Å². The van der Waals surface area contributed by atoms with Crippen LogP contribution in [0.25, 0.3) is 6.08 Å². The van der Waals surface area contributed by atoms with Gasteiger partial charge in [0.05, 0.1) is 19.1 Å². The molecular formula is C37H32N2O4. The summed E-state index contributed by atoms with van der Waals surface area (Å²) in [6.07, 6.45) is 5.77. The predicted octanol–water partition coefficient (Wildman–Crippen LogP) is 6.63. The Hall–Kier alpha value is -4.97. The van der Waals surface area contributed by atoms with E-state index in [1.807, 2.05) is 90.0 Å². The highest BCUT2D eigenvalue weighted by molar-refractivity contribution is 6.16. The second-order valence-corrected chi connectivity index (χ2v) is 11.5. The quantitative estimate of drug-likeness (QED) is 0.253. The minimum absolute atomic E-state index is 0.216. The van der Waals surface area contributed by atoms with Gasteiger partial charge in [-0.05, 0) is 65.1 Å². The SMILES string of the molecule is CCCc1ccc(C(=O)[C@@H]2[C@H](C(=O)c3ccc(OC)cc3)N3C=Cc4ccccc4[C@@H]3[C@]23C(=O)Nc2ccccc23)cc1. The summed E-state index contributed by atoms with van der Waals surface area (Å²) in [5.41, 5.74) is 4.04. The molecule has 0 radical (unpaired) electrons. The number of benzene rings is 4. The summed E-state index contributed by atoms with van der Waals surface area (Å²) < 4.78 is 5.33. The minimum atomic E-state index is -1.34. The molecule has 43 heavy (non-hydrogen) atoms. The van der Waals surface area contributed by atoms with E-state index in [9.17, 15) is 14.4 Å². The average Bonchev–Trinajstić information content (AvgIpc) is 3.53. The fourth-order valence-corrected chi connectivity index (χ4v) is 7.40. The maximum atomic E-state index is 14.9. The summed E-state index contributed by atoms with van der Waals surface area (Å²) in [4.78, 5) is 46.1. The highest BCUT2D eigenvalue weighted by Crippen LogP contribution is 2.62. The Kier molecular flexibility index (Phi) is 6.50. The number of methoxy groups -OCH3 is 1. The summed E-state index contributed by atoms with van der Waals surface area (Å²) >= 11 is 0. The number of hydrogen-bond acceptors (Lipinski definition) is 5. The van der Waals surface area contributed by atoms with Crippen LogP contribution in [0.4, 0.5) is 5.69 Å². The Balaban J connectivity index is 1.48. The summed E-state index contributed by atoms with van der Waals surface area (Å²) in [6, 6.07) is 28.6. The van der Waals surface area contributed by atoms with Gasteiger partial charge in [0.15, 0.2) is 11.6 Å². The molecule has 4 aromatic rings. The van der Waals surface area contributed by atoms with Gasteiger partial charge in [-0.15, -0.1) is 0 Å². The van der Waals surface area contributed by atoms with Crippen molar-refractivity contribution in [2.75, 3.05) is 12.4 Å². The maximum absolute atomic E-state index is 14.9. The largest absolute Gasteiger partial charge is 0.497 e. The molecular weight excluding hydrogens is 536 g/mol. The van der Waals surface area contributed by atoms with Crippen molar-refractivity contribution in [3.05, 3.63) is 137 Å². The van der Waals surface area contributed by atoms with Crippen LogP contribution >= 0.6 is 0 Å². The second kappa shape index (κ2) is 10.4. The molecule has 4 atom stereocenters. The molecule has 0 bridgehead atoms.